The SMILES string of the molecule is CC1(C)CN(C(CN)C2CC2)CCS1. The molecule has 0 aromatic carbocycles. The Hall–Kier alpha value is 0.270. The van der Waals surface area contributed by atoms with Crippen molar-refractivity contribution in [2.24, 2.45) is 11.7 Å². The van der Waals surface area contributed by atoms with Crippen molar-refractivity contribution in [3.05, 3.63) is 0 Å². The molecule has 1 unspecified atom stereocenters. The second-order valence-corrected chi connectivity index (χ2v) is 7.02. The van der Waals surface area contributed by atoms with Gasteiger partial charge in [-0.05, 0) is 32.6 Å². The van der Waals surface area contributed by atoms with Gasteiger partial charge in [0.25, 0.3) is 0 Å². The van der Waals surface area contributed by atoms with Gasteiger partial charge in [0.2, 0.25) is 0 Å². The zero-order chi connectivity index (χ0) is 10.2. The van der Waals surface area contributed by atoms with Crippen LogP contribution in [0.25, 0.3) is 0 Å². The van der Waals surface area contributed by atoms with Crippen molar-refractivity contribution < 1.29 is 0 Å². The van der Waals surface area contributed by atoms with Crippen LogP contribution < -0.4 is 5.73 Å². The van der Waals surface area contributed by atoms with Crippen LogP contribution in [-0.2, 0) is 0 Å². The summed E-state index contributed by atoms with van der Waals surface area (Å²) in [6.45, 7) is 8.02. The lowest BCUT2D eigenvalue weighted by Gasteiger charge is -2.41. The third-order valence-corrected chi connectivity index (χ3v) is 4.63. The van der Waals surface area contributed by atoms with E-state index in [9.17, 15) is 0 Å². The molecule has 0 aromatic heterocycles. The van der Waals surface area contributed by atoms with E-state index in [0.29, 0.717) is 10.8 Å². The van der Waals surface area contributed by atoms with Crippen LogP contribution in [0.5, 0.6) is 0 Å². The van der Waals surface area contributed by atoms with E-state index in [1.54, 1.807) is 0 Å². The summed E-state index contributed by atoms with van der Waals surface area (Å²) in [7, 11) is 0. The van der Waals surface area contributed by atoms with E-state index in [4.69, 9.17) is 5.73 Å². The van der Waals surface area contributed by atoms with Gasteiger partial charge in [-0.2, -0.15) is 11.8 Å². The lowest BCUT2D eigenvalue weighted by atomic mass is 10.1. The summed E-state index contributed by atoms with van der Waals surface area (Å²) in [6.07, 6.45) is 2.82. The summed E-state index contributed by atoms with van der Waals surface area (Å²) in [5.41, 5.74) is 5.88. The fourth-order valence-electron chi connectivity index (χ4n) is 2.46. The summed E-state index contributed by atoms with van der Waals surface area (Å²) < 4.78 is 0.431. The maximum absolute atomic E-state index is 5.88. The molecule has 2 nitrogen and oxygen atoms in total. The van der Waals surface area contributed by atoms with Gasteiger partial charge in [0.15, 0.2) is 0 Å². The standard InChI is InChI=1S/C11H22N2S/c1-11(2)8-13(5-6-14-11)10(7-12)9-3-4-9/h9-10H,3-8,12H2,1-2H3. The van der Waals surface area contributed by atoms with Crippen LogP contribution in [0.1, 0.15) is 26.7 Å². The first-order valence-corrected chi connectivity index (χ1v) is 6.69. The minimum atomic E-state index is 0.431. The van der Waals surface area contributed by atoms with Crippen LogP contribution in [-0.4, -0.2) is 41.1 Å². The topological polar surface area (TPSA) is 29.3 Å². The fraction of sp³-hybridized carbons (Fsp3) is 1.00. The smallest absolute Gasteiger partial charge is 0.0247 e. The van der Waals surface area contributed by atoms with Crippen molar-refractivity contribution in [2.75, 3.05) is 25.4 Å². The Kier molecular flexibility index (Phi) is 3.10. The van der Waals surface area contributed by atoms with Gasteiger partial charge in [0.05, 0.1) is 0 Å². The summed E-state index contributed by atoms with van der Waals surface area (Å²) in [4.78, 5) is 2.63. The van der Waals surface area contributed by atoms with Crippen LogP contribution in [0.4, 0.5) is 0 Å². The lowest BCUT2D eigenvalue weighted by molar-refractivity contribution is 0.173. The molecule has 2 rings (SSSR count). The molecule has 2 N–H and O–H groups in total. The van der Waals surface area contributed by atoms with Gasteiger partial charge in [0.1, 0.15) is 0 Å². The maximum Gasteiger partial charge on any atom is 0.0247 e. The second-order valence-electron chi connectivity index (χ2n) is 5.22. The quantitative estimate of drug-likeness (QED) is 0.773. The summed E-state index contributed by atoms with van der Waals surface area (Å²) in [6, 6.07) is 0.676. The van der Waals surface area contributed by atoms with Crippen LogP contribution in [0.2, 0.25) is 0 Å². The van der Waals surface area contributed by atoms with Crippen molar-refractivity contribution in [3.63, 3.8) is 0 Å². The van der Waals surface area contributed by atoms with Crippen molar-refractivity contribution in [1.82, 2.24) is 4.90 Å². The average Bonchev–Trinajstić information content (AvgIpc) is 2.88. The van der Waals surface area contributed by atoms with Gasteiger partial charge in [0, 0.05) is 36.2 Å². The first-order valence-electron chi connectivity index (χ1n) is 5.70. The third-order valence-electron chi connectivity index (χ3n) is 3.33. The van der Waals surface area contributed by atoms with E-state index < -0.39 is 0 Å². The van der Waals surface area contributed by atoms with Crippen LogP contribution in [0.3, 0.4) is 0 Å². The molecule has 2 fully saturated rings. The maximum atomic E-state index is 5.88. The van der Waals surface area contributed by atoms with E-state index in [2.05, 4.69) is 30.5 Å². The molecule has 0 aromatic rings. The van der Waals surface area contributed by atoms with Gasteiger partial charge >= 0.3 is 0 Å². The van der Waals surface area contributed by atoms with E-state index in [1.165, 1.54) is 31.7 Å². The van der Waals surface area contributed by atoms with Gasteiger partial charge < -0.3 is 5.73 Å². The van der Waals surface area contributed by atoms with Crippen LogP contribution >= 0.6 is 11.8 Å². The van der Waals surface area contributed by atoms with Gasteiger partial charge in [-0.15, -0.1) is 0 Å². The number of hydrogen-bond acceptors (Lipinski definition) is 3. The highest BCUT2D eigenvalue weighted by atomic mass is 32.2. The third kappa shape index (κ3) is 2.44. The minimum Gasteiger partial charge on any atom is -0.329 e. The Morgan fingerprint density at radius 1 is 1.50 bits per heavy atom. The average molecular weight is 214 g/mol. The molecule has 1 aliphatic heterocycles. The Bertz CT molecular complexity index is 201. The highest BCUT2D eigenvalue weighted by molar-refractivity contribution is 8.00. The van der Waals surface area contributed by atoms with Crippen molar-refractivity contribution in [2.45, 2.75) is 37.5 Å². The summed E-state index contributed by atoms with van der Waals surface area (Å²) in [5.74, 6) is 2.19. The largest absolute Gasteiger partial charge is 0.329 e. The first-order chi connectivity index (χ1) is 6.62. The van der Waals surface area contributed by atoms with E-state index in [0.717, 1.165) is 12.5 Å². The molecule has 0 amide bonds. The Morgan fingerprint density at radius 2 is 2.21 bits per heavy atom. The molecule has 1 atom stereocenters. The Morgan fingerprint density at radius 3 is 2.71 bits per heavy atom. The summed E-state index contributed by atoms with van der Waals surface area (Å²) >= 11 is 2.10. The molecule has 1 saturated carbocycles. The zero-order valence-corrected chi connectivity index (χ0v) is 10.1. The van der Waals surface area contributed by atoms with Crippen LogP contribution in [0.15, 0.2) is 0 Å². The minimum absolute atomic E-state index is 0.431. The van der Waals surface area contributed by atoms with E-state index >= 15 is 0 Å². The Balaban J connectivity index is 1.94. The molecule has 3 heteroatoms. The highest BCUT2D eigenvalue weighted by Gasteiger charge is 2.38. The molecular formula is C11H22N2S. The van der Waals surface area contributed by atoms with Crippen molar-refractivity contribution in [1.29, 1.82) is 0 Å². The number of hydrogen-bond donors (Lipinski definition) is 1. The number of nitrogens with zero attached hydrogens (tertiary/aromatic N) is 1. The van der Waals surface area contributed by atoms with E-state index in [1.807, 2.05) is 0 Å². The van der Waals surface area contributed by atoms with E-state index in [-0.39, 0.29) is 0 Å². The zero-order valence-electron chi connectivity index (χ0n) is 9.33. The molecule has 0 radical (unpaired) electrons. The van der Waals surface area contributed by atoms with Gasteiger partial charge in [-0.1, -0.05) is 0 Å². The lowest BCUT2D eigenvalue weighted by Crippen LogP contribution is -2.51. The fourth-order valence-corrected chi connectivity index (χ4v) is 3.59. The molecule has 14 heavy (non-hydrogen) atoms. The Labute approximate surface area is 91.6 Å². The molecule has 0 bridgehead atoms. The van der Waals surface area contributed by atoms with Gasteiger partial charge in [-0.3, -0.25) is 4.90 Å². The molecular weight excluding hydrogens is 192 g/mol. The molecule has 0 spiro atoms. The number of rotatable bonds is 3. The monoisotopic (exact) mass is 214 g/mol. The van der Waals surface area contributed by atoms with Crippen molar-refractivity contribution in [3.8, 4) is 0 Å². The predicted molar refractivity (Wildman–Crippen MR) is 63.7 cm³/mol. The predicted octanol–water partition coefficient (Wildman–Crippen LogP) is 1.55. The molecule has 1 aliphatic carbocycles. The molecule has 1 saturated heterocycles. The number of nitrogens with two attached hydrogens (primary N) is 1. The van der Waals surface area contributed by atoms with Gasteiger partial charge in [-0.25, -0.2) is 0 Å². The molecule has 2 aliphatic rings. The molecule has 82 valence electrons. The number of thioether (sulfide) groups is 1. The van der Waals surface area contributed by atoms with Crippen molar-refractivity contribution >= 4 is 11.8 Å². The molecule has 1 heterocycles. The second kappa shape index (κ2) is 4.03. The normalized spacial score (nSPS) is 30.2. The highest BCUT2D eigenvalue weighted by Crippen LogP contribution is 2.38. The first kappa shape index (κ1) is 10.8. The summed E-state index contributed by atoms with van der Waals surface area (Å²) in [5, 5.41) is 0. The van der Waals surface area contributed by atoms with Crippen LogP contribution in [0, 0.1) is 5.92 Å².